The van der Waals surface area contributed by atoms with Gasteiger partial charge in [0.15, 0.2) is 11.9 Å². The number of H-pyrrole nitrogens is 1. The first-order valence-electron chi connectivity index (χ1n) is 10.6. The molecule has 0 aliphatic rings. The van der Waals surface area contributed by atoms with Gasteiger partial charge in [-0.2, -0.15) is 10.2 Å². The Kier molecular flexibility index (Phi) is 6.92. The molecule has 0 saturated heterocycles. The van der Waals surface area contributed by atoms with Gasteiger partial charge in [0.05, 0.1) is 11.9 Å². The van der Waals surface area contributed by atoms with Gasteiger partial charge in [0.25, 0.3) is 0 Å². The van der Waals surface area contributed by atoms with Crippen molar-refractivity contribution >= 4 is 23.4 Å². The maximum Gasteiger partial charge on any atom is 0.170 e. The second kappa shape index (κ2) is 10.4. The number of hydrogen-bond donors (Lipinski definition) is 2. The molecule has 2 aromatic carbocycles. The highest BCUT2D eigenvalue weighted by Gasteiger charge is 2.14. The lowest BCUT2D eigenvalue weighted by Crippen LogP contribution is -2.18. The van der Waals surface area contributed by atoms with E-state index in [1.54, 1.807) is 42.2 Å². The number of benzene rings is 2. The van der Waals surface area contributed by atoms with E-state index in [-0.39, 0.29) is 5.82 Å². The third kappa shape index (κ3) is 5.26. The van der Waals surface area contributed by atoms with Crippen molar-refractivity contribution in [3.63, 3.8) is 0 Å². The first kappa shape index (κ1) is 22.7. The first-order chi connectivity index (χ1) is 16.6. The summed E-state index contributed by atoms with van der Waals surface area (Å²) in [4.78, 5) is 17.8. The van der Waals surface area contributed by atoms with Crippen molar-refractivity contribution in [2.24, 2.45) is 0 Å². The first-order valence-corrected chi connectivity index (χ1v) is 10.6. The van der Waals surface area contributed by atoms with E-state index in [0.29, 0.717) is 11.3 Å². The molecular weight excluding hydrogens is 433 g/mol. The molecule has 34 heavy (non-hydrogen) atoms. The van der Waals surface area contributed by atoms with E-state index in [0.717, 1.165) is 35.6 Å². The number of hydrogen-bond acceptors (Lipinski definition) is 6. The number of fused-ring (bicyclic) bond motifs is 1. The number of aromatic nitrogens is 5. The number of nitrogens with zero attached hydrogens (tertiary/aromatic N) is 5. The Morgan fingerprint density at radius 1 is 1.12 bits per heavy atom. The Bertz CT molecular complexity index is 1350. The quantitative estimate of drug-likeness (QED) is 0.367. The van der Waals surface area contributed by atoms with Crippen molar-refractivity contribution in [2.45, 2.75) is 6.54 Å². The summed E-state index contributed by atoms with van der Waals surface area (Å²) in [6.07, 6.45) is 4.23. The highest BCUT2D eigenvalue weighted by molar-refractivity contribution is 5.76. The number of rotatable bonds is 6. The molecule has 0 radical (unpaired) electrons. The summed E-state index contributed by atoms with van der Waals surface area (Å²) < 4.78 is 13.9. The summed E-state index contributed by atoms with van der Waals surface area (Å²) in [5, 5.41) is 14.0. The fourth-order valence-corrected chi connectivity index (χ4v) is 3.38. The van der Waals surface area contributed by atoms with Crippen molar-refractivity contribution in [3.8, 4) is 11.3 Å². The SMILES string of the molecule is CN(Cc1ccccc1)c1cc(-c2cn[nH]c2)n2nc(C=O)cc2n1.CNc1ccc(F)cc1. The summed E-state index contributed by atoms with van der Waals surface area (Å²) in [6, 6.07) is 20.0. The molecule has 8 nitrogen and oxygen atoms in total. The molecule has 0 atom stereocenters. The minimum absolute atomic E-state index is 0.200. The molecule has 0 bridgehead atoms. The molecule has 3 aromatic heterocycles. The number of aromatic amines is 1. The highest BCUT2D eigenvalue weighted by Crippen LogP contribution is 2.24. The van der Waals surface area contributed by atoms with E-state index in [1.165, 1.54) is 17.7 Å². The summed E-state index contributed by atoms with van der Waals surface area (Å²) >= 11 is 0. The monoisotopic (exact) mass is 457 g/mol. The van der Waals surface area contributed by atoms with Crippen LogP contribution in [0, 0.1) is 5.82 Å². The Morgan fingerprint density at radius 2 is 1.88 bits per heavy atom. The smallest absolute Gasteiger partial charge is 0.170 e. The normalized spacial score (nSPS) is 10.4. The molecule has 0 aliphatic carbocycles. The van der Waals surface area contributed by atoms with Gasteiger partial charge in [-0.3, -0.25) is 9.89 Å². The lowest BCUT2D eigenvalue weighted by atomic mass is 10.2. The van der Waals surface area contributed by atoms with Crippen LogP contribution in [0.15, 0.2) is 79.1 Å². The van der Waals surface area contributed by atoms with Crippen molar-refractivity contribution < 1.29 is 9.18 Å². The molecule has 0 amide bonds. The Hall–Kier alpha value is -4.53. The Labute approximate surface area is 196 Å². The van der Waals surface area contributed by atoms with Crippen LogP contribution in [0.5, 0.6) is 0 Å². The van der Waals surface area contributed by atoms with Crippen LogP contribution in [0.1, 0.15) is 16.1 Å². The fourth-order valence-electron chi connectivity index (χ4n) is 3.38. The van der Waals surface area contributed by atoms with Gasteiger partial charge in [-0.1, -0.05) is 30.3 Å². The van der Waals surface area contributed by atoms with Gasteiger partial charge in [-0.25, -0.2) is 13.9 Å². The van der Waals surface area contributed by atoms with Crippen LogP contribution in [-0.2, 0) is 6.54 Å². The predicted molar refractivity (Wildman–Crippen MR) is 130 cm³/mol. The van der Waals surface area contributed by atoms with Crippen molar-refractivity contribution in [1.29, 1.82) is 0 Å². The summed E-state index contributed by atoms with van der Waals surface area (Å²) in [7, 11) is 3.79. The van der Waals surface area contributed by atoms with E-state index in [4.69, 9.17) is 0 Å². The van der Waals surface area contributed by atoms with Gasteiger partial charge in [0.2, 0.25) is 0 Å². The van der Waals surface area contributed by atoms with Gasteiger partial charge in [0.1, 0.15) is 17.3 Å². The lowest BCUT2D eigenvalue weighted by Gasteiger charge is -2.19. The van der Waals surface area contributed by atoms with Gasteiger partial charge in [-0.15, -0.1) is 0 Å². The molecule has 0 unspecified atom stereocenters. The second-order valence-corrected chi connectivity index (χ2v) is 7.54. The number of anilines is 2. The van der Waals surface area contributed by atoms with Crippen LogP contribution >= 0.6 is 0 Å². The number of carbonyl (C=O) groups is 1. The Balaban J connectivity index is 0.000000257. The molecule has 5 rings (SSSR count). The van der Waals surface area contributed by atoms with Crippen molar-refractivity contribution in [1.82, 2.24) is 24.8 Å². The Morgan fingerprint density at radius 3 is 2.53 bits per heavy atom. The molecule has 5 aromatic rings. The molecule has 0 spiro atoms. The number of halogens is 1. The van der Waals surface area contributed by atoms with E-state index in [2.05, 4.69) is 42.6 Å². The molecule has 0 aliphatic heterocycles. The molecule has 3 heterocycles. The third-order valence-electron chi connectivity index (χ3n) is 5.13. The largest absolute Gasteiger partial charge is 0.388 e. The molecule has 172 valence electrons. The maximum atomic E-state index is 12.2. The number of nitrogens with one attached hydrogen (secondary N) is 2. The molecule has 9 heteroatoms. The van der Waals surface area contributed by atoms with E-state index in [1.807, 2.05) is 31.3 Å². The van der Waals surface area contributed by atoms with Gasteiger partial charge >= 0.3 is 0 Å². The van der Waals surface area contributed by atoms with Crippen molar-refractivity contribution in [3.05, 3.63) is 96.2 Å². The topological polar surface area (TPSA) is 91.2 Å². The van der Waals surface area contributed by atoms with Crippen LogP contribution in [0.2, 0.25) is 0 Å². The maximum absolute atomic E-state index is 12.2. The van der Waals surface area contributed by atoms with Crippen LogP contribution < -0.4 is 10.2 Å². The van der Waals surface area contributed by atoms with Crippen LogP contribution in [0.25, 0.3) is 16.9 Å². The van der Waals surface area contributed by atoms with Gasteiger partial charge in [-0.05, 0) is 29.8 Å². The molecule has 0 fully saturated rings. The van der Waals surface area contributed by atoms with E-state index >= 15 is 0 Å². The molecule has 2 N–H and O–H groups in total. The standard InChI is InChI=1S/C18H16N6O.C7H8FN/c1-23(11-13-5-3-2-4-6-13)17-8-16(14-9-19-20-10-14)24-18(21-17)7-15(12-25)22-24;1-9-7-4-2-6(8)3-5-7/h2-10,12H,11H2,1H3,(H,19,20);2-5,9H,1H3. The van der Waals surface area contributed by atoms with Gasteiger partial charge in [0, 0.05) is 50.2 Å². The summed E-state index contributed by atoms with van der Waals surface area (Å²) in [5.41, 5.74) is 4.79. The predicted octanol–water partition coefficient (Wildman–Crippen LogP) is 4.44. The zero-order valence-electron chi connectivity index (χ0n) is 18.8. The second-order valence-electron chi connectivity index (χ2n) is 7.54. The minimum Gasteiger partial charge on any atom is -0.388 e. The molecular formula is C25H24FN7O. The van der Waals surface area contributed by atoms with E-state index < -0.39 is 0 Å². The number of aldehydes is 1. The van der Waals surface area contributed by atoms with Crippen LogP contribution in [0.4, 0.5) is 15.9 Å². The lowest BCUT2D eigenvalue weighted by molar-refractivity contribution is 0.111. The zero-order chi connectivity index (χ0) is 23.9. The van der Waals surface area contributed by atoms with Crippen LogP contribution in [-0.4, -0.2) is 45.2 Å². The summed E-state index contributed by atoms with van der Waals surface area (Å²) in [6.45, 7) is 0.726. The van der Waals surface area contributed by atoms with E-state index in [9.17, 15) is 9.18 Å². The average Bonchev–Trinajstić information content (AvgIpc) is 3.55. The fraction of sp³-hybridized carbons (Fsp3) is 0.120. The zero-order valence-corrected chi connectivity index (χ0v) is 18.8. The molecule has 0 saturated carbocycles. The highest BCUT2D eigenvalue weighted by atomic mass is 19.1. The number of carbonyl (C=O) groups excluding carboxylic acids is 1. The average molecular weight is 458 g/mol. The van der Waals surface area contributed by atoms with Crippen LogP contribution in [0.3, 0.4) is 0 Å². The van der Waals surface area contributed by atoms with Gasteiger partial charge < -0.3 is 10.2 Å². The third-order valence-corrected chi connectivity index (χ3v) is 5.13. The summed E-state index contributed by atoms with van der Waals surface area (Å²) in [5.74, 6) is 0.596. The minimum atomic E-state index is -0.200. The van der Waals surface area contributed by atoms with Crippen molar-refractivity contribution in [2.75, 3.05) is 24.3 Å².